The quantitative estimate of drug-likeness (QED) is 0.697. The standard InChI is InChI=1S/C22H24N4O/c1-4-21(27)25-19(17-9-5-15(2)6-10-17)13-20(26-22(25)23-14-24-26)18-11-7-16(3)8-12-18/h5-12,14,19-20H,4,13H2,1-3H3/t19-,20-/m0/s1. The lowest BCUT2D eigenvalue weighted by atomic mass is 9.91. The molecule has 1 aliphatic rings. The maximum Gasteiger partial charge on any atom is 0.231 e. The number of amides is 1. The van der Waals surface area contributed by atoms with Crippen LogP contribution in [0.5, 0.6) is 0 Å². The van der Waals surface area contributed by atoms with E-state index in [1.807, 2.05) is 16.5 Å². The highest BCUT2D eigenvalue weighted by atomic mass is 16.2. The van der Waals surface area contributed by atoms with Crippen molar-refractivity contribution in [1.29, 1.82) is 0 Å². The van der Waals surface area contributed by atoms with Crippen molar-refractivity contribution in [3.05, 3.63) is 77.1 Å². The van der Waals surface area contributed by atoms with Gasteiger partial charge in [-0.05, 0) is 31.4 Å². The second-order valence-electron chi connectivity index (χ2n) is 7.21. The molecule has 2 atom stereocenters. The molecule has 2 aromatic carbocycles. The number of aryl methyl sites for hydroxylation is 2. The Morgan fingerprint density at radius 1 is 0.963 bits per heavy atom. The summed E-state index contributed by atoms with van der Waals surface area (Å²) in [5.74, 6) is 0.696. The number of hydrogen-bond acceptors (Lipinski definition) is 3. The zero-order valence-electron chi connectivity index (χ0n) is 16.0. The molecule has 1 amide bonds. The van der Waals surface area contributed by atoms with E-state index in [9.17, 15) is 4.79 Å². The van der Waals surface area contributed by atoms with Crippen molar-refractivity contribution in [1.82, 2.24) is 14.8 Å². The van der Waals surface area contributed by atoms with Gasteiger partial charge < -0.3 is 0 Å². The molecule has 0 bridgehead atoms. The van der Waals surface area contributed by atoms with Crippen LogP contribution in [-0.2, 0) is 4.79 Å². The number of nitrogens with zero attached hydrogens (tertiary/aromatic N) is 4. The monoisotopic (exact) mass is 360 g/mol. The first-order chi connectivity index (χ1) is 13.1. The van der Waals surface area contributed by atoms with Crippen LogP contribution in [0.2, 0.25) is 0 Å². The molecule has 0 saturated heterocycles. The van der Waals surface area contributed by atoms with E-state index in [4.69, 9.17) is 0 Å². The van der Waals surface area contributed by atoms with Crippen molar-refractivity contribution < 1.29 is 4.79 Å². The van der Waals surface area contributed by atoms with Crippen molar-refractivity contribution in [3.8, 4) is 0 Å². The van der Waals surface area contributed by atoms with Gasteiger partial charge in [0.05, 0.1) is 12.1 Å². The molecular formula is C22H24N4O. The molecule has 5 heteroatoms. The van der Waals surface area contributed by atoms with Crippen molar-refractivity contribution >= 4 is 11.9 Å². The van der Waals surface area contributed by atoms with Gasteiger partial charge in [0.25, 0.3) is 0 Å². The fourth-order valence-electron chi connectivity index (χ4n) is 3.79. The van der Waals surface area contributed by atoms with E-state index in [2.05, 4.69) is 72.5 Å². The van der Waals surface area contributed by atoms with Crippen LogP contribution in [0.3, 0.4) is 0 Å². The summed E-state index contributed by atoms with van der Waals surface area (Å²) in [5, 5.41) is 4.46. The SMILES string of the molecule is CCC(=O)N1c2ncnn2[C@H](c2ccc(C)cc2)C[C@H]1c1ccc(C)cc1. The van der Waals surface area contributed by atoms with E-state index in [1.165, 1.54) is 16.7 Å². The molecule has 0 saturated carbocycles. The number of anilines is 1. The van der Waals surface area contributed by atoms with Gasteiger partial charge in [0.1, 0.15) is 6.33 Å². The molecule has 1 aromatic heterocycles. The molecule has 138 valence electrons. The highest BCUT2D eigenvalue weighted by molar-refractivity contribution is 5.92. The van der Waals surface area contributed by atoms with Gasteiger partial charge >= 0.3 is 0 Å². The van der Waals surface area contributed by atoms with Gasteiger partial charge in [-0.2, -0.15) is 10.1 Å². The zero-order chi connectivity index (χ0) is 19.0. The lowest BCUT2D eigenvalue weighted by molar-refractivity contribution is -0.119. The largest absolute Gasteiger partial charge is 0.274 e. The number of aromatic nitrogens is 3. The van der Waals surface area contributed by atoms with Gasteiger partial charge in [0, 0.05) is 6.42 Å². The van der Waals surface area contributed by atoms with Crippen molar-refractivity contribution in [2.24, 2.45) is 0 Å². The molecule has 0 N–H and O–H groups in total. The van der Waals surface area contributed by atoms with Crippen LogP contribution in [-0.4, -0.2) is 20.7 Å². The van der Waals surface area contributed by atoms with Gasteiger partial charge in [-0.25, -0.2) is 4.68 Å². The van der Waals surface area contributed by atoms with Gasteiger partial charge in [-0.1, -0.05) is 66.6 Å². The van der Waals surface area contributed by atoms with Crippen LogP contribution in [0.1, 0.15) is 54.1 Å². The summed E-state index contributed by atoms with van der Waals surface area (Å²) in [6.45, 7) is 6.05. The third-order valence-corrected chi connectivity index (χ3v) is 5.32. The second-order valence-corrected chi connectivity index (χ2v) is 7.21. The third-order valence-electron chi connectivity index (χ3n) is 5.32. The number of benzene rings is 2. The van der Waals surface area contributed by atoms with Crippen LogP contribution >= 0.6 is 0 Å². The average Bonchev–Trinajstić information content (AvgIpc) is 3.17. The molecule has 5 nitrogen and oxygen atoms in total. The molecular weight excluding hydrogens is 336 g/mol. The van der Waals surface area contributed by atoms with Gasteiger partial charge in [0.15, 0.2) is 0 Å². The predicted octanol–water partition coefficient (Wildman–Crippen LogP) is 4.37. The average molecular weight is 360 g/mol. The van der Waals surface area contributed by atoms with Crippen molar-refractivity contribution in [3.63, 3.8) is 0 Å². The van der Waals surface area contributed by atoms with Crippen molar-refractivity contribution in [2.75, 3.05) is 4.90 Å². The number of carbonyl (C=O) groups is 1. The van der Waals surface area contributed by atoms with Gasteiger partial charge in [-0.15, -0.1) is 0 Å². The molecule has 3 aromatic rings. The maximum atomic E-state index is 12.8. The van der Waals surface area contributed by atoms with Crippen LogP contribution in [0.15, 0.2) is 54.9 Å². The highest BCUT2D eigenvalue weighted by Gasteiger charge is 2.38. The Morgan fingerprint density at radius 3 is 2.07 bits per heavy atom. The van der Waals surface area contributed by atoms with Gasteiger partial charge in [0.2, 0.25) is 11.9 Å². The molecule has 27 heavy (non-hydrogen) atoms. The Hall–Kier alpha value is -2.95. The summed E-state index contributed by atoms with van der Waals surface area (Å²) < 4.78 is 1.89. The Labute approximate surface area is 159 Å². The Balaban J connectivity index is 1.83. The summed E-state index contributed by atoms with van der Waals surface area (Å²) in [6, 6.07) is 17.0. The number of fused-ring (bicyclic) bond motifs is 1. The molecule has 1 aliphatic heterocycles. The molecule has 4 rings (SSSR count). The fourth-order valence-corrected chi connectivity index (χ4v) is 3.79. The van der Waals surface area contributed by atoms with Crippen LogP contribution < -0.4 is 4.90 Å². The summed E-state index contributed by atoms with van der Waals surface area (Å²) in [7, 11) is 0. The Bertz CT molecular complexity index is 943. The first-order valence-electron chi connectivity index (χ1n) is 9.43. The Kier molecular flexibility index (Phi) is 4.52. The molecule has 0 aliphatic carbocycles. The fraction of sp³-hybridized carbons (Fsp3) is 0.318. The van der Waals surface area contributed by atoms with Crippen LogP contribution in [0, 0.1) is 13.8 Å². The van der Waals surface area contributed by atoms with E-state index >= 15 is 0 Å². The molecule has 0 unspecified atom stereocenters. The normalized spacial score (nSPS) is 19.0. The predicted molar refractivity (Wildman–Crippen MR) is 106 cm³/mol. The topological polar surface area (TPSA) is 51.0 Å². The first kappa shape index (κ1) is 17.5. The van der Waals surface area contributed by atoms with Crippen LogP contribution in [0.25, 0.3) is 0 Å². The number of rotatable bonds is 3. The van der Waals surface area contributed by atoms with E-state index in [1.54, 1.807) is 6.33 Å². The summed E-state index contributed by atoms with van der Waals surface area (Å²) in [4.78, 5) is 19.1. The lowest BCUT2D eigenvalue weighted by Gasteiger charge is -2.39. The third kappa shape index (κ3) is 3.14. The molecule has 0 spiro atoms. The smallest absolute Gasteiger partial charge is 0.231 e. The molecule has 0 fully saturated rings. The minimum Gasteiger partial charge on any atom is -0.274 e. The number of hydrogen-bond donors (Lipinski definition) is 0. The molecule has 0 radical (unpaired) electrons. The minimum absolute atomic E-state index is 0.0512. The van der Waals surface area contributed by atoms with Crippen LogP contribution in [0.4, 0.5) is 5.95 Å². The zero-order valence-corrected chi connectivity index (χ0v) is 16.0. The summed E-state index contributed by atoms with van der Waals surface area (Å²) in [6.07, 6.45) is 2.75. The van der Waals surface area contributed by atoms with E-state index in [0.717, 1.165) is 12.0 Å². The van der Waals surface area contributed by atoms with E-state index in [0.29, 0.717) is 12.4 Å². The first-order valence-corrected chi connectivity index (χ1v) is 9.43. The van der Waals surface area contributed by atoms with Gasteiger partial charge in [-0.3, -0.25) is 9.69 Å². The maximum absolute atomic E-state index is 12.8. The summed E-state index contributed by atoms with van der Waals surface area (Å²) >= 11 is 0. The minimum atomic E-state index is -0.0546. The molecule has 2 heterocycles. The van der Waals surface area contributed by atoms with E-state index < -0.39 is 0 Å². The highest BCUT2D eigenvalue weighted by Crippen LogP contribution is 2.42. The number of carbonyl (C=O) groups excluding carboxylic acids is 1. The van der Waals surface area contributed by atoms with Crippen molar-refractivity contribution in [2.45, 2.75) is 45.7 Å². The van der Waals surface area contributed by atoms with E-state index in [-0.39, 0.29) is 18.0 Å². The summed E-state index contributed by atoms with van der Waals surface area (Å²) in [5.41, 5.74) is 4.76. The second kappa shape index (κ2) is 6.99. The lowest BCUT2D eigenvalue weighted by Crippen LogP contribution is -2.42. The Morgan fingerprint density at radius 2 is 1.52 bits per heavy atom.